The minimum atomic E-state index is 0.763. The van der Waals surface area contributed by atoms with E-state index in [-0.39, 0.29) is 0 Å². The zero-order valence-corrected chi connectivity index (χ0v) is 10.1. The van der Waals surface area contributed by atoms with Crippen LogP contribution in [0.25, 0.3) is 10.8 Å². The third kappa shape index (κ3) is 3.25. The summed E-state index contributed by atoms with van der Waals surface area (Å²) < 4.78 is 4.99. The maximum absolute atomic E-state index is 4.99. The van der Waals surface area contributed by atoms with Crippen molar-refractivity contribution in [3.8, 4) is 0 Å². The monoisotopic (exact) mass is 230 g/mol. The number of methoxy groups -OCH3 is 1. The third-order valence-corrected chi connectivity index (χ3v) is 2.83. The molecule has 0 radical (unpaired) electrons. The average Bonchev–Trinajstić information content (AvgIpc) is 2.39. The molecule has 0 unspecified atom stereocenters. The number of aromatic nitrogens is 1. The second-order valence-corrected chi connectivity index (χ2v) is 4.01. The first kappa shape index (κ1) is 12.0. The lowest BCUT2D eigenvalue weighted by molar-refractivity contribution is 0.199. The van der Waals surface area contributed by atoms with Crippen molar-refractivity contribution in [2.75, 3.05) is 26.8 Å². The number of hydrogen-bond acceptors (Lipinski definition) is 3. The number of nitrogens with one attached hydrogen (secondary N) is 1. The van der Waals surface area contributed by atoms with Crippen molar-refractivity contribution in [3.63, 3.8) is 0 Å². The molecule has 3 heteroatoms. The average molecular weight is 230 g/mol. The maximum Gasteiger partial charge on any atom is 0.0587 e. The summed E-state index contributed by atoms with van der Waals surface area (Å²) in [5.41, 5.74) is 1.37. The summed E-state index contributed by atoms with van der Waals surface area (Å²) >= 11 is 0. The molecule has 0 amide bonds. The molecule has 3 nitrogen and oxygen atoms in total. The summed E-state index contributed by atoms with van der Waals surface area (Å²) in [5, 5.41) is 5.87. The molecule has 0 spiro atoms. The highest BCUT2D eigenvalue weighted by atomic mass is 16.5. The molecule has 0 atom stereocenters. The summed E-state index contributed by atoms with van der Waals surface area (Å²) in [6.07, 6.45) is 4.80. The molecule has 0 bridgehead atoms. The van der Waals surface area contributed by atoms with Crippen molar-refractivity contribution < 1.29 is 4.74 Å². The molecule has 2 aromatic rings. The molecule has 0 aliphatic carbocycles. The first-order valence-electron chi connectivity index (χ1n) is 5.93. The van der Waals surface area contributed by atoms with Crippen LogP contribution in [0.4, 0.5) is 0 Å². The van der Waals surface area contributed by atoms with E-state index in [1.54, 1.807) is 7.11 Å². The van der Waals surface area contributed by atoms with E-state index in [9.17, 15) is 0 Å². The number of pyridine rings is 1. The van der Waals surface area contributed by atoms with Gasteiger partial charge in [0, 0.05) is 31.4 Å². The highest BCUT2D eigenvalue weighted by Crippen LogP contribution is 2.17. The molecule has 0 aliphatic rings. The third-order valence-electron chi connectivity index (χ3n) is 2.83. The van der Waals surface area contributed by atoms with Gasteiger partial charge in [-0.25, -0.2) is 0 Å². The van der Waals surface area contributed by atoms with E-state index in [4.69, 9.17) is 4.74 Å². The van der Waals surface area contributed by atoms with E-state index in [0.29, 0.717) is 0 Å². The molecule has 0 fully saturated rings. The fraction of sp³-hybridized carbons (Fsp3) is 0.357. The van der Waals surface area contributed by atoms with Crippen molar-refractivity contribution in [2.45, 2.75) is 6.42 Å². The Morgan fingerprint density at radius 1 is 1.24 bits per heavy atom. The van der Waals surface area contributed by atoms with E-state index >= 15 is 0 Å². The molecule has 0 saturated carbocycles. The smallest absolute Gasteiger partial charge is 0.0587 e. The Morgan fingerprint density at radius 2 is 2.18 bits per heavy atom. The standard InChI is InChI=1S/C14H18N2O/c1-17-10-9-15-7-5-12-3-2-4-13-11-16-8-6-14(12)13/h2-4,6,8,11,15H,5,7,9-10H2,1H3. The van der Waals surface area contributed by atoms with E-state index in [1.807, 2.05) is 12.4 Å². The molecule has 1 aromatic heterocycles. The number of nitrogens with zero attached hydrogens (tertiary/aromatic N) is 1. The van der Waals surface area contributed by atoms with Crippen LogP contribution in [0.2, 0.25) is 0 Å². The summed E-state index contributed by atoms with van der Waals surface area (Å²) in [5.74, 6) is 0. The lowest BCUT2D eigenvalue weighted by atomic mass is 10.0. The van der Waals surface area contributed by atoms with Gasteiger partial charge in [-0.2, -0.15) is 0 Å². The predicted molar refractivity (Wildman–Crippen MR) is 70.2 cm³/mol. The lowest BCUT2D eigenvalue weighted by Gasteiger charge is -2.07. The van der Waals surface area contributed by atoms with E-state index in [2.05, 4.69) is 34.6 Å². The molecule has 1 aromatic carbocycles. The van der Waals surface area contributed by atoms with Gasteiger partial charge in [-0.05, 0) is 30.0 Å². The SMILES string of the molecule is COCCNCCc1cccc2cnccc12. The lowest BCUT2D eigenvalue weighted by Crippen LogP contribution is -2.21. The highest BCUT2D eigenvalue weighted by Gasteiger charge is 1.99. The van der Waals surface area contributed by atoms with Gasteiger partial charge < -0.3 is 10.1 Å². The van der Waals surface area contributed by atoms with Gasteiger partial charge in [0.05, 0.1) is 6.61 Å². The van der Waals surface area contributed by atoms with Crippen LogP contribution in [-0.4, -0.2) is 31.8 Å². The van der Waals surface area contributed by atoms with Gasteiger partial charge in [0.15, 0.2) is 0 Å². The van der Waals surface area contributed by atoms with Crippen LogP contribution in [0.3, 0.4) is 0 Å². The second kappa shape index (κ2) is 6.33. The van der Waals surface area contributed by atoms with E-state index in [0.717, 1.165) is 26.1 Å². The van der Waals surface area contributed by atoms with E-state index in [1.165, 1.54) is 16.3 Å². The molecule has 0 saturated heterocycles. The van der Waals surface area contributed by atoms with Gasteiger partial charge in [-0.3, -0.25) is 4.98 Å². The molecule has 1 N–H and O–H groups in total. The van der Waals surface area contributed by atoms with Crippen molar-refractivity contribution in [3.05, 3.63) is 42.2 Å². The highest BCUT2D eigenvalue weighted by molar-refractivity contribution is 5.84. The van der Waals surface area contributed by atoms with Crippen LogP contribution in [0.5, 0.6) is 0 Å². The number of benzene rings is 1. The second-order valence-electron chi connectivity index (χ2n) is 4.01. The Bertz CT molecular complexity index is 465. The van der Waals surface area contributed by atoms with Crippen molar-refractivity contribution in [2.24, 2.45) is 0 Å². The number of ether oxygens (including phenoxy) is 1. The Hall–Kier alpha value is -1.45. The first-order chi connectivity index (χ1) is 8.42. The zero-order chi connectivity index (χ0) is 11.9. The van der Waals surface area contributed by atoms with Crippen LogP contribution in [-0.2, 0) is 11.2 Å². The van der Waals surface area contributed by atoms with Gasteiger partial charge >= 0.3 is 0 Å². The fourth-order valence-electron chi connectivity index (χ4n) is 1.93. The molecular formula is C14H18N2O. The van der Waals surface area contributed by atoms with Gasteiger partial charge in [0.25, 0.3) is 0 Å². The van der Waals surface area contributed by atoms with Crippen LogP contribution >= 0.6 is 0 Å². The number of fused-ring (bicyclic) bond motifs is 1. The van der Waals surface area contributed by atoms with E-state index < -0.39 is 0 Å². The summed E-state index contributed by atoms with van der Waals surface area (Å²) in [6.45, 7) is 2.65. The summed E-state index contributed by atoms with van der Waals surface area (Å²) in [4.78, 5) is 4.14. The molecule has 17 heavy (non-hydrogen) atoms. The largest absolute Gasteiger partial charge is 0.383 e. The van der Waals surface area contributed by atoms with Crippen LogP contribution in [0, 0.1) is 0 Å². The maximum atomic E-state index is 4.99. The minimum absolute atomic E-state index is 0.763. The predicted octanol–water partition coefficient (Wildman–Crippen LogP) is 2.01. The quantitative estimate of drug-likeness (QED) is 0.771. The molecule has 2 rings (SSSR count). The first-order valence-corrected chi connectivity index (χ1v) is 5.93. The minimum Gasteiger partial charge on any atom is -0.383 e. The molecule has 0 aliphatic heterocycles. The molecular weight excluding hydrogens is 212 g/mol. The van der Waals surface area contributed by atoms with Crippen LogP contribution < -0.4 is 5.32 Å². The zero-order valence-electron chi connectivity index (χ0n) is 10.1. The normalized spacial score (nSPS) is 10.9. The van der Waals surface area contributed by atoms with Crippen molar-refractivity contribution in [1.82, 2.24) is 10.3 Å². The van der Waals surface area contributed by atoms with Gasteiger partial charge in [-0.1, -0.05) is 18.2 Å². The van der Waals surface area contributed by atoms with Crippen molar-refractivity contribution in [1.29, 1.82) is 0 Å². The van der Waals surface area contributed by atoms with Crippen LogP contribution in [0.15, 0.2) is 36.7 Å². The van der Waals surface area contributed by atoms with Crippen LogP contribution in [0.1, 0.15) is 5.56 Å². The molecule has 1 heterocycles. The number of rotatable bonds is 6. The van der Waals surface area contributed by atoms with Gasteiger partial charge in [-0.15, -0.1) is 0 Å². The molecule has 90 valence electrons. The fourth-order valence-corrected chi connectivity index (χ4v) is 1.93. The summed E-state index contributed by atoms with van der Waals surface area (Å²) in [7, 11) is 1.72. The van der Waals surface area contributed by atoms with Gasteiger partial charge in [0.2, 0.25) is 0 Å². The number of hydrogen-bond donors (Lipinski definition) is 1. The topological polar surface area (TPSA) is 34.1 Å². The Labute approximate surface area is 102 Å². The Balaban J connectivity index is 1.98. The Kier molecular flexibility index (Phi) is 4.47. The Morgan fingerprint density at radius 3 is 3.06 bits per heavy atom. The van der Waals surface area contributed by atoms with Gasteiger partial charge in [0.1, 0.15) is 0 Å². The van der Waals surface area contributed by atoms with Crippen molar-refractivity contribution >= 4 is 10.8 Å². The summed E-state index contributed by atoms with van der Waals surface area (Å²) in [6, 6.07) is 8.46.